The van der Waals surface area contributed by atoms with Crippen molar-refractivity contribution in [3.63, 3.8) is 0 Å². The number of fused-ring (bicyclic) bond motifs is 2. The predicted molar refractivity (Wildman–Crippen MR) is 187 cm³/mol. The van der Waals surface area contributed by atoms with Gasteiger partial charge in [0, 0.05) is 50.2 Å². The number of carboxylic acid groups (broad SMARTS) is 1. The fourth-order valence-corrected chi connectivity index (χ4v) is 7.03. The first-order chi connectivity index (χ1) is 24.8. The van der Waals surface area contributed by atoms with Crippen LogP contribution in [0.3, 0.4) is 0 Å². The fraction of sp³-hybridized carbons (Fsp3) is 0.229. The van der Waals surface area contributed by atoms with E-state index < -0.39 is 42.4 Å². The molecule has 5 aromatic rings. The van der Waals surface area contributed by atoms with Gasteiger partial charge in [-0.05, 0) is 66.9 Å². The maximum atomic E-state index is 14.8. The summed E-state index contributed by atoms with van der Waals surface area (Å²) < 4.78 is 90.0. The Labute approximate surface area is 301 Å². The molecule has 0 aliphatic heterocycles. The molecule has 1 aromatic heterocycles. The van der Waals surface area contributed by atoms with E-state index in [1.165, 1.54) is 0 Å². The molecular formula is C35H32F3N3O10S2. The van der Waals surface area contributed by atoms with Gasteiger partial charge in [-0.3, -0.25) is 24.3 Å². The topological polar surface area (TPSA) is 197 Å². The lowest BCUT2D eigenvalue weighted by atomic mass is 9.94. The summed E-state index contributed by atoms with van der Waals surface area (Å²) in [7, 11) is -8.66. The molecule has 1 N–H and O–H groups in total. The number of carbonyl (C=O) groups excluding carboxylic acids is 1. The molecule has 0 fully saturated rings. The Morgan fingerprint density at radius 3 is 2.02 bits per heavy atom. The first-order valence-corrected chi connectivity index (χ1v) is 18.6. The Morgan fingerprint density at radius 2 is 1.43 bits per heavy atom. The number of alkyl halides is 3. The van der Waals surface area contributed by atoms with E-state index in [9.17, 15) is 41.3 Å². The molecule has 0 aliphatic carbocycles. The standard InChI is InChI=1S/C34H31N3O7S.CHF3O3S/c1-35-29-15-8-7-14-28(29)33(32-25(13-10-16-30(32)35)23-24-11-4-2-5-12-24)34(40)36(22-9-3-6-17-31(38)39)45(43,44)27-20-18-26(19-21-27)37(41)42;2-1(3,4)8(5,6)7/h2,4-5,7-8,10-16,18-21H,3,6,9,17,22-23H2,1H3;(H,5,6,7). The number of para-hydroxylation sites is 1. The molecule has 0 radical (unpaired) electrons. The third-order valence-corrected chi connectivity index (χ3v) is 10.5. The van der Waals surface area contributed by atoms with Crippen molar-refractivity contribution in [1.82, 2.24) is 8.87 Å². The number of carboxylic acids is 1. The molecule has 53 heavy (non-hydrogen) atoms. The van der Waals surface area contributed by atoms with Crippen LogP contribution in [0.15, 0.2) is 102 Å². The number of aliphatic carboxylic acids is 1. The third kappa shape index (κ3) is 9.51. The molecule has 0 saturated heterocycles. The van der Waals surface area contributed by atoms with E-state index in [0.29, 0.717) is 30.0 Å². The minimum Gasteiger partial charge on any atom is -0.741 e. The molecule has 0 spiro atoms. The van der Waals surface area contributed by atoms with Crippen molar-refractivity contribution in [1.29, 1.82) is 0 Å². The van der Waals surface area contributed by atoms with Crippen LogP contribution in [-0.2, 0) is 38.4 Å². The number of nitro groups is 1. The molecule has 0 saturated carbocycles. The van der Waals surface area contributed by atoms with Crippen LogP contribution in [0.4, 0.5) is 18.9 Å². The summed E-state index contributed by atoms with van der Waals surface area (Å²) in [5.41, 5.74) is -2.34. The van der Waals surface area contributed by atoms with Gasteiger partial charge in [-0.1, -0.05) is 36.8 Å². The van der Waals surface area contributed by atoms with Gasteiger partial charge in [-0.2, -0.15) is 13.2 Å². The smallest absolute Gasteiger partial charge is 0.485 e. The molecule has 1 heterocycles. The van der Waals surface area contributed by atoms with E-state index in [2.05, 4.69) is 0 Å². The van der Waals surface area contributed by atoms with Gasteiger partial charge in [0.1, 0.15) is 27.4 Å². The zero-order valence-electron chi connectivity index (χ0n) is 27.9. The number of rotatable bonds is 12. The van der Waals surface area contributed by atoms with Crippen molar-refractivity contribution < 1.29 is 54.2 Å². The molecule has 13 nitrogen and oxygen atoms in total. The Kier molecular flexibility index (Phi) is 12.5. The maximum absolute atomic E-state index is 14.8. The molecule has 18 heteroatoms. The molecule has 0 bridgehead atoms. The van der Waals surface area contributed by atoms with Gasteiger partial charge in [0.25, 0.3) is 15.7 Å². The van der Waals surface area contributed by atoms with E-state index in [1.807, 2.05) is 72.3 Å². The van der Waals surface area contributed by atoms with Crippen LogP contribution in [0.25, 0.3) is 21.8 Å². The number of amides is 1. The predicted octanol–water partition coefficient (Wildman–Crippen LogP) is 6.64. The number of hydrogen-bond donors (Lipinski definition) is 1. The second kappa shape index (κ2) is 16.5. The first kappa shape index (κ1) is 40.3. The fourth-order valence-electron chi connectivity index (χ4n) is 5.61. The Hall–Kier alpha value is -5.46. The third-order valence-electron chi connectivity index (χ3n) is 8.12. The van der Waals surface area contributed by atoms with E-state index in [-0.39, 0.29) is 35.5 Å². The van der Waals surface area contributed by atoms with Crippen LogP contribution in [0.2, 0.25) is 0 Å². The number of non-ortho nitro benzene ring substituents is 1. The van der Waals surface area contributed by atoms with Crippen molar-refractivity contribution >= 4 is 59.5 Å². The largest absolute Gasteiger partial charge is 0.741 e. The summed E-state index contributed by atoms with van der Waals surface area (Å²) >= 11 is 0. The molecular weight excluding hydrogens is 744 g/mol. The van der Waals surface area contributed by atoms with Gasteiger partial charge in [-0.15, -0.1) is 0 Å². The highest BCUT2D eigenvalue weighted by Crippen LogP contribution is 2.34. The van der Waals surface area contributed by atoms with Crippen molar-refractivity contribution in [2.75, 3.05) is 6.54 Å². The normalized spacial score (nSPS) is 11.9. The molecule has 5 rings (SSSR count). The van der Waals surface area contributed by atoms with Gasteiger partial charge in [0.15, 0.2) is 10.1 Å². The number of pyridine rings is 1. The van der Waals surface area contributed by atoms with Crippen molar-refractivity contribution in [3.05, 3.63) is 124 Å². The lowest BCUT2D eigenvalue weighted by molar-refractivity contribution is -0.384. The van der Waals surface area contributed by atoms with Crippen LogP contribution >= 0.6 is 0 Å². The highest BCUT2D eigenvalue weighted by Gasteiger charge is 2.37. The number of sulfonamides is 1. The quantitative estimate of drug-likeness (QED) is 0.0273. The van der Waals surface area contributed by atoms with Crippen LogP contribution in [-0.4, -0.2) is 64.2 Å². The Bertz CT molecular complexity index is 2370. The lowest BCUT2D eigenvalue weighted by Gasteiger charge is -2.23. The average Bonchev–Trinajstić information content (AvgIpc) is 3.10. The monoisotopic (exact) mass is 775 g/mol. The van der Waals surface area contributed by atoms with Crippen molar-refractivity contribution in [2.24, 2.45) is 7.05 Å². The van der Waals surface area contributed by atoms with Gasteiger partial charge >= 0.3 is 17.4 Å². The molecule has 0 unspecified atom stereocenters. The molecule has 0 aliphatic rings. The second-order valence-electron chi connectivity index (χ2n) is 11.7. The van der Waals surface area contributed by atoms with E-state index in [4.69, 9.17) is 18.1 Å². The van der Waals surface area contributed by atoms with Gasteiger partial charge in [-0.25, -0.2) is 21.1 Å². The number of halogens is 3. The van der Waals surface area contributed by atoms with Crippen LogP contribution < -0.4 is 0 Å². The number of aryl methyl sites for hydroxylation is 1. The number of carbonyl (C=O) groups is 2. The summed E-state index contributed by atoms with van der Waals surface area (Å²) in [6, 6.07) is 27.3. The van der Waals surface area contributed by atoms with Crippen molar-refractivity contribution in [2.45, 2.75) is 42.5 Å². The van der Waals surface area contributed by atoms with Gasteiger partial charge in [0.2, 0.25) is 0 Å². The highest BCUT2D eigenvalue weighted by molar-refractivity contribution is 7.89. The van der Waals surface area contributed by atoms with Crippen LogP contribution in [0, 0.1) is 10.1 Å². The molecule has 1 amide bonds. The number of hydrogen-bond acceptors (Lipinski definition) is 9. The Balaban J connectivity index is 0.000000703. The summed E-state index contributed by atoms with van der Waals surface area (Å²) in [5.74, 6) is -1.68. The van der Waals surface area contributed by atoms with E-state index in [1.54, 1.807) is 12.1 Å². The Morgan fingerprint density at radius 1 is 0.849 bits per heavy atom. The molecule has 0 atom stereocenters. The summed E-state index contributed by atoms with van der Waals surface area (Å²) in [5, 5.41) is 21.5. The zero-order chi connectivity index (χ0) is 39.1. The first-order valence-electron chi connectivity index (χ1n) is 15.8. The number of nitro benzene ring substituents is 1. The van der Waals surface area contributed by atoms with Gasteiger partial charge < -0.3 is 9.66 Å². The summed E-state index contributed by atoms with van der Waals surface area (Å²) in [6.07, 6.45) is 1.37. The van der Waals surface area contributed by atoms with E-state index >= 15 is 0 Å². The molecule has 4 aromatic carbocycles. The number of aromatic nitrogens is 1. The minimum atomic E-state index is -6.09. The number of unbranched alkanes of at least 4 members (excludes halogenated alkanes) is 2. The minimum absolute atomic E-state index is 0.0731. The number of benzene rings is 4. The maximum Gasteiger partial charge on any atom is 0.485 e. The SMILES string of the molecule is Cn1c2ccccc2[c+](C(=O)N(CCCCCC(=O)O)S(=O)(=O)c2ccc([N+](=O)[O-])cc2)c2c(Cc3ccccc3)cccc21.O=S(=O)([O-])C(F)(F)F. The molecule has 280 valence electrons. The average molecular weight is 776 g/mol. The lowest BCUT2D eigenvalue weighted by Crippen LogP contribution is -2.38. The zero-order valence-corrected chi connectivity index (χ0v) is 29.5. The summed E-state index contributed by atoms with van der Waals surface area (Å²) in [4.78, 5) is 36.2. The van der Waals surface area contributed by atoms with E-state index in [0.717, 1.165) is 50.7 Å². The second-order valence-corrected chi connectivity index (χ2v) is 14.9. The van der Waals surface area contributed by atoms with Crippen molar-refractivity contribution in [3.8, 4) is 0 Å². The summed E-state index contributed by atoms with van der Waals surface area (Å²) in [6.45, 7) is -0.199. The van der Waals surface area contributed by atoms with Crippen LogP contribution in [0.1, 0.15) is 47.2 Å². The number of nitrogens with zero attached hydrogens (tertiary/aromatic N) is 3. The highest BCUT2D eigenvalue weighted by atomic mass is 32.2. The van der Waals surface area contributed by atoms with Gasteiger partial charge in [0.05, 0.1) is 9.82 Å². The van der Waals surface area contributed by atoms with Crippen LogP contribution in [0.5, 0.6) is 0 Å².